The predicted octanol–water partition coefficient (Wildman–Crippen LogP) is 3.84. The zero-order chi connectivity index (χ0) is 9.68. The standard InChI is InChI=1S/C11H14.C2H6/c1-9-6-7-10-4-2-3-5-11(10)8-9;1-2/h2-5,9H,6-8H2,1H3;1-2H3. The Morgan fingerprint density at radius 2 is 1.69 bits per heavy atom. The van der Waals surface area contributed by atoms with Crippen LogP contribution < -0.4 is 0 Å². The zero-order valence-electron chi connectivity index (χ0n) is 9.01. The van der Waals surface area contributed by atoms with E-state index in [9.17, 15) is 0 Å². The van der Waals surface area contributed by atoms with Crippen molar-refractivity contribution < 1.29 is 0 Å². The number of aryl methyl sites for hydroxylation is 1. The van der Waals surface area contributed by atoms with Gasteiger partial charge in [0.1, 0.15) is 0 Å². The van der Waals surface area contributed by atoms with E-state index in [1.54, 1.807) is 11.1 Å². The fraction of sp³-hybridized carbons (Fsp3) is 0.538. The highest BCUT2D eigenvalue weighted by atomic mass is 14.2. The number of hydrogen-bond donors (Lipinski definition) is 0. The maximum atomic E-state index is 2.34. The van der Waals surface area contributed by atoms with E-state index in [0.29, 0.717) is 0 Å². The van der Waals surface area contributed by atoms with Gasteiger partial charge in [-0.25, -0.2) is 0 Å². The summed E-state index contributed by atoms with van der Waals surface area (Å²) >= 11 is 0. The lowest BCUT2D eigenvalue weighted by molar-refractivity contribution is 0.501. The molecule has 0 aromatic heterocycles. The minimum absolute atomic E-state index is 0.893. The quantitative estimate of drug-likeness (QED) is 0.563. The molecule has 1 atom stereocenters. The number of hydrogen-bond acceptors (Lipinski definition) is 0. The summed E-state index contributed by atoms with van der Waals surface area (Å²) in [7, 11) is 0. The summed E-state index contributed by atoms with van der Waals surface area (Å²) in [5.74, 6) is 0.893. The number of fused-ring (bicyclic) bond motifs is 1. The van der Waals surface area contributed by atoms with Crippen molar-refractivity contribution in [3.63, 3.8) is 0 Å². The van der Waals surface area contributed by atoms with E-state index in [1.165, 1.54) is 19.3 Å². The molecule has 2 rings (SSSR count). The van der Waals surface area contributed by atoms with Crippen LogP contribution in [0.5, 0.6) is 0 Å². The summed E-state index contributed by atoms with van der Waals surface area (Å²) in [6.07, 6.45) is 3.95. The smallest absolute Gasteiger partial charge is 0.0250 e. The maximum Gasteiger partial charge on any atom is -0.0250 e. The van der Waals surface area contributed by atoms with Gasteiger partial charge in [0.15, 0.2) is 0 Å². The zero-order valence-corrected chi connectivity index (χ0v) is 9.01. The van der Waals surface area contributed by atoms with Gasteiger partial charge in [0.2, 0.25) is 0 Å². The van der Waals surface area contributed by atoms with Crippen LogP contribution in [0.3, 0.4) is 0 Å². The average molecular weight is 176 g/mol. The first-order valence-corrected chi connectivity index (χ1v) is 5.43. The lowest BCUT2D eigenvalue weighted by Gasteiger charge is -2.20. The fourth-order valence-corrected chi connectivity index (χ4v) is 1.88. The average Bonchev–Trinajstić information content (AvgIpc) is 2.21. The van der Waals surface area contributed by atoms with Crippen molar-refractivity contribution in [2.75, 3.05) is 0 Å². The molecule has 0 heteroatoms. The summed E-state index contributed by atoms with van der Waals surface area (Å²) in [5, 5.41) is 0. The Kier molecular flexibility index (Phi) is 4.01. The molecule has 0 fully saturated rings. The molecule has 0 amide bonds. The van der Waals surface area contributed by atoms with Crippen LogP contribution in [0.25, 0.3) is 0 Å². The second-order valence-corrected chi connectivity index (χ2v) is 3.62. The normalized spacial score (nSPS) is 19.8. The van der Waals surface area contributed by atoms with Gasteiger partial charge in [-0.1, -0.05) is 45.0 Å². The van der Waals surface area contributed by atoms with Crippen molar-refractivity contribution in [1.29, 1.82) is 0 Å². The summed E-state index contributed by atoms with van der Waals surface area (Å²) in [6.45, 7) is 6.34. The molecular weight excluding hydrogens is 156 g/mol. The van der Waals surface area contributed by atoms with Gasteiger partial charge in [-0.3, -0.25) is 0 Å². The van der Waals surface area contributed by atoms with E-state index in [0.717, 1.165) is 5.92 Å². The summed E-state index contributed by atoms with van der Waals surface area (Å²) in [5.41, 5.74) is 3.15. The highest BCUT2D eigenvalue weighted by Gasteiger charge is 2.13. The van der Waals surface area contributed by atoms with E-state index in [-0.39, 0.29) is 0 Å². The minimum atomic E-state index is 0.893. The molecule has 0 heterocycles. The van der Waals surface area contributed by atoms with Crippen LogP contribution in [0.15, 0.2) is 24.3 Å². The van der Waals surface area contributed by atoms with Gasteiger partial charge >= 0.3 is 0 Å². The van der Waals surface area contributed by atoms with Crippen molar-refractivity contribution in [3.8, 4) is 0 Å². The largest absolute Gasteiger partial charge is 0.0683 e. The van der Waals surface area contributed by atoms with Gasteiger partial charge in [-0.05, 0) is 36.3 Å². The van der Waals surface area contributed by atoms with E-state index in [2.05, 4.69) is 31.2 Å². The second kappa shape index (κ2) is 5.06. The van der Waals surface area contributed by atoms with Crippen molar-refractivity contribution in [3.05, 3.63) is 35.4 Å². The monoisotopic (exact) mass is 176 g/mol. The summed E-state index contributed by atoms with van der Waals surface area (Å²) < 4.78 is 0. The molecule has 1 aliphatic rings. The number of rotatable bonds is 0. The van der Waals surface area contributed by atoms with Crippen molar-refractivity contribution in [2.45, 2.75) is 40.0 Å². The molecule has 0 spiro atoms. The highest BCUT2D eigenvalue weighted by Crippen LogP contribution is 2.24. The van der Waals surface area contributed by atoms with Crippen LogP contribution in [-0.2, 0) is 12.8 Å². The second-order valence-electron chi connectivity index (χ2n) is 3.62. The molecule has 0 nitrogen and oxygen atoms in total. The summed E-state index contributed by atoms with van der Waals surface area (Å²) in [6, 6.07) is 8.83. The Hall–Kier alpha value is -0.780. The topological polar surface area (TPSA) is 0 Å². The van der Waals surface area contributed by atoms with Crippen molar-refractivity contribution >= 4 is 0 Å². The molecular formula is C13H20. The van der Waals surface area contributed by atoms with Gasteiger partial charge < -0.3 is 0 Å². The van der Waals surface area contributed by atoms with Gasteiger partial charge in [0.25, 0.3) is 0 Å². The van der Waals surface area contributed by atoms with Crippen LogP contribution in [-0.4, -0.2) is 0 Å². The third-order valence-electron chi connectivity index (χ3n) is 2.59. The van der Waals surface area contributed by atoms with Gasteiger partial charge in [0, 0.05) is 0 Å². The van der Waals surface area contributed by atoms with Gasteiger partial charge in [-0.2, -0.15) is 0 Å². The minimum Gasteiger partial charge on any atom is -0.0683 e. The van der Waals surface area contributed by atoms with E-state index >= 15 is 0 Å². The molecule has 72 valence electrons. The van der Waals surface area contributed by atoms with Crippen LogP contribution in [0.1, 0.15) is 38.3 Å². The Labute approximate surface area is 82.0 Å². The predicted molar refractivity (Wildman–Crippen MR) is 59.0 cm³/mol. The van der Waals surface area contributed by atoms with Crippen molar-refractivity contribution in [2.24, 2.45) is 5.92 Å². The molecule has 13 heavy (non-hydrogen) atoms. The van der Waals surface area contributed by atoms with Gasteiger partial charge in [-0.15, -0.1) is 0 Å². The number of benzene rings is 1. The molecule has 1 aromatic carbocycles. The summed E-state index contributed by atoms with van der Waals surface area (Å²) in [4.78, 5) is 0. The molecule has 0 aliphatic heterocycles. The lowest BCUT2D eigenvalue weighted by atomic mass is 9.85. The Morgan fingerprint density at radius 1 is 1.08 bits per heavy atom. The molecule has 0 saturated heterocycles. The first kappa shape index (κ1) is 10.3. The van der Waals surface area contributed by atoms with Crippen LogP contribution in [0, 0.1) is 5.92 Å². The first-order valence-electron chi connectivity index (χ1n) is 5.43. The highest BCUT2D eigenvalue weighted by molar-refractivity contribution is 5.29. The van der Waals surface area contributed by atoms with E-state index in [1.807, 2.05) is 13.8 Å². The maximum absolute atomic E-state index is 2.34. The first-order chi connectivity index (χ1) is 6.36. The van der Waals surface area contributed by atoms with Crippen LogP contribution >= 0.6 is 0 Å². The molecule has 0 bridgehead atoms. The molecule has 1 aromatic rings. The van der Waals surface area contributed by atoms with E-state index in [4.69, 9.17) is 0 Å². The van der Waals surface area contributed by atoms with Crippen LogP contribution in [0.4, 0.5) is 0 Å². The molecule has 0 saturated carbocycles. The van der Waals surface area contributed by atoms with Crippen molar-refractivity contribution in [1.82, 2.24) is 0 Å². The lowest BCUT2D eigenvalue weighted by Crippen LogP contribution is -2.10. The van der Waals surface area contributed by atoms with Gasteiger partial charge in [0.05, 0.1) is 0 Å². The third kappa shape index (κ3) is 2.58. The van der Waals surface area contributed by atoms with Crippen LogP contribution in [0.2, 0.25) is 0 Å². The third-order valence-corrected chi connectivity index (χ3v) is 2.59. The molecule has 1 aliphatic carbocycles. The fourth-order valence-electron chi connectivity index (χ4n) is 1.88. The Balaban J connectivity index is 0.000000396. The Bertz CT molecular complexity index is 250. The molecule has 1 unspecified atom stereocenters. The molecule has 0 N–H and O–H groups in total. The molecule has 0 radical (unpaired) electrons. The van der Waals surface area contributed by atoms with E-state index < -0.39 is 0 Å². The SMILES string of the molecule is CC.CC1CCc2ccccc2C1. The Morgan fingerprint density at radius 3 is 2.38 bits per heavy atom.